The SMILES string of the molecule is Nc1c(Cl)cc(CN2CCC(N3CCOCC3)C2)cc1Cl. The van der Waals surface area contributed by atoms with E-state index < -0.39 is 0 Å². The number of morpholine rings is 1. The van der Waals surface area contributed by atoms with E-state index in [1.165, 1.54) is 6.42 Å². The second-order valence-corrected chi connectivity index (χ2v) is 6.61. The van der Waals surface area contributed by atoms with E-state index in [1.54, 1.807) is 0 Å². The molecule has 2 aliphatic heterocycles. The van der Waals surface area contributed by atoms with Crippen LogP contribution in [0.4, 0.5) is 5.69 Å². The summed E-state index contributed by atoms with van der Waals surface area (Å²) in [6.07, 6.45) is 1.22. The molecule has 0 amide bonds. The van der Waals surface area contributed by atoms with Gasteiger partial charge in [0.05, 0.1) is 28.9 Å². The largest absolute Gasteiger partial charge is 0.396 e. The monoisotopic (exact) mass is 329 g/mol. The number of likely N-dealkylation sites (tertiary alicyclic amines) is 1. The quantitative estimate of drug-likeness (QED) is 0.865. The molecule has 0 aliphatic carbocycles. The van der Waals surface area contributed by atoms with E-state index in [-0.39, 0.29) is 0 Å². The third-order valence-corrected chi connectivity index (χ3v) is 4.98. The lowest BCUT2D eigenvalue weighted by Gasteiger charge is -2.32. The molecule has 3 rings (SSSR count). The number of ether oxygens (including phenoxy) is 1. The van der Waals surface area contributed by atoms with Crippen LogP contribution in [-0.4, -0.2) is 55.2 Å². The molecule has 21 heavy (non-hydrogen) atoms. The lowest BCUT2D eigenvalue weighted by molar-refractivity contribution is 0.0184. The van der Waals surface area contributed by atoms with Gasteiger partial charge in [-0.1, -0.05) is 23.2 Å². The summed E-state index contributed by atoms with van der Waals surface area (Å²) in [6.45, 7) is 6.91. The van der Waals surface area contributed by atoms with Crippen molar-refractivity contribution in [2.45, 2.75) is 19.0 Å². The number of nitrogen functional groups attached to an aromatic ring is 1. The van der Waals surface area contributed by atoms with Crippen LogP contribution in [0.15, 0.2) is 12.1 Å². The molecule has 0 radical (unpaired) electrons. The zero-order valence-corrected chi connectivity index (χ0v) is 13.5. The van der Waals surface area contributed by atoms with Crippen molar-refractivity contribution in [3.8, 4) is 0 Å². The molecule has 1 unspecified atom stereocenters. The molecule has 2 heterocycles. The third kappa shape index (κ3) is 3.63. The van der Waals surface area contributed by atoms with Crippen molar-refractivity contribution in [2.24, 2.45) is 0 Å². The smallest absolute Gasteiger partial charge is 0.0693 e. The van der Waals surface area contributed by atoms with Gasteiger partial charge in [0.25, 0.3) is 0 Å². The highest BCUT2D eigenvalue weighted by molar-refractivity contribution is 6.38. The van der Waals surface area contributed by atoms with Crippen LogP contribution in [0.3, 0.4) is 0 Å². The maximum atomic E-state index is 6.10. The van der Waals surface area contributed by atoms with Crippen LogP contribution in [0.2, 0.25) is 10.0 Å². The van der Waals surface area contributed by atoms with E-state index in [9.17, 15) is 0 Å². The molecule has 1 atom stereocenters. The lowest BCUT2D eigenvalue weighted by Crippen LogP contribution is -2.44. The zero-order chi connectivity index (χ0) is 14.8. The van der Waals surface area contributed by atoms with Crippen LogP contribution < -0.4 is 5.73 Å². The van der Waals surface area contributed by atoms with Gasteiger partial charge in [0.2, 0.25) is 0 Å². The first-order valence-corrected chi connectivity index (χ1v) is 8.16. The van der Waals surface area contributed by atoms with Crippen molar-refractivity contribution in [1.29, 1.82) is 0 Å². The van der Waals surface area contributed by atoms with Gasteiger partial charge in [-0.05, 0) is 24.1 Å². The average Bonchev–Trinajstić information content (AvgIpc) is 2.94. The summed E-state index contributed by atoms with van der Waals surface area (Å²) in [7, 11) is 0. The highest BCUT2D eigenvalue weighted by atomic mass is 35.5. The van der Waals surface area contributed by atoms with Gasteiger partial charge in [0, 0.05) is 38.8 Å². The molecule has 2 saturated heterocycles. The summed E-state index contributed by atoms with van der Waals surface area (Å²) in [5, 5.41) is 1.09. The minimum Gasteiger partial charge on any atom is -0.396 e. The van der Waals surface area contributed by atoms with Gasteiger partial charge in [-0.25, -0.2) is 0 Å². The second-order valence-electron chi connectivity index (χ2n) is 5.80. The van der Waals surface area contributed by atoms with Gasteiger partial charge >= 0.3 is 0 Å². The molecule has 4 nitrogen and oxygen atoms in total. The minimum absolute atomic E-state index is 0.467. The van der Waals surface area contributed by atoms with Crippen LogP contribution >= 0.6 is 23.2 Å². The van der Waals surface area contributed by atoms with Crippen LogP contribution in [0, 0.1) is 0 Å². The molecule has 0 saturated carbocycles. The molecule has 116 valence electrons. The molecule has 0 bridgehead atoms. The van der Waals surface area contributed by atoms with Crippen LogP contribution in [0.5, 0.6) is 0 Å². The molecular formula is C15H21Cl2N3O. The Morgan fingerprint density at radius 2 is 1.81 bits per heavy atom. The number of anilines is 1. The number of nitrogens with zero attached hydrogens (tertiary/aromatic N) is 2. The van der Waals surface area contributed by atoms with Crippen LogP contribution in [0.25, 0.3) is 0 Å². The van der Waals surface area contributed by atoms with E-state index >= 15 is 0 Å². The molecule has 0 spiro atoms. The second kappa shape index (κ2) is 6.71. The predicted molar refractivity (Wildman–Crippen MR) is 86.9 cm³/mol. The van der Waals surface area contributed by atoms with Gasteiger partial charge in [-0.2, -0.15) is 0 Å². The van der Waals surface area contributed by atoms with Gasteiger partial charge in [-0.3, -0.25) is 9.80 Å². The van der Waals surface area contributed by atoms with Gasteiger partial charge in [-0.15, -0.1) is 0 Å². The Morgan fingerprint density at radius 1 is 1.14 bits per heavy atom. The van der Waals surface area contributed by atoms with Crippen molar-refractivity contribution >= 4 is 28.9 Å². The molecular weight excluding hydrogens is 309 g/mol. The van der Waals surface area contributed by atoms with E-state index in [4.69, 9.17) is 33.7 Å². The van der Waals surface area contributed by atoms with Crippen molar-refractivity contribution in [3.05, 3.63) is 27.7 Å². The zero-order valence-electron chi connectivity index (χ0n) is 12.0. The highest BCUT2D eigenvalue weighted by Gasteiger charge is 2.28. The Morgan fingerprint density at radius 3 is 2.48 bits per heavy atom. The fraction of sp³-hybridized carbons (Fsp3) is 0.600. The van der Waals surface area contributed by atoms with Crippen molar-refractivity contribution in [1.82, 2.24) is 9.80 Å². The van der Waals surface area contributed by atoms with Gasteiger partial charge in [0.1, 0.15) is 0 Å². The van der Waals surface area contributed by atoms with Crippen LogP contribution in [-0.2, 0) is 11.3 Å². The molecule has 1 aromatic carbocycles. The average molecular weight is 330 g/mol. The fourth-order valence-electron chi connectivity index (χ4n) is 3.18. The van der Waals surface area contributed by atoms with E-state index in [0.29, 0.717) is 21.8 Å². The fourth-order valence-corrected chi connectivity index (χ4v) is 3.72. The summed E-state index contributed by atoms with van der Waals surface area (Å²) in [4.78, 5) is 5.00. The van der Waals surface area contributed by atoms with Crippen molar-refractivity contribution < 1.29 is 4.74 Å². The first-order valence-electron chi connectivity index (χ1n) is 7.41. The van der Waals surface area contributed by atoms with E-state index in [1.807, 2.05) is 12.1 Å². The molecule has 1 aromatic rings. The van der Waals surface area contributed by atoms with Gasteiger partial charge < -0.3 is 10.5 Å². The Hall–Kier alpha value is -0.520. The summed E-state index contributed by atoms with van der Waals surface area (Å²) in [5.74, 6) is 0. The topological polar surface area (TPSA) is 41.7 Å². The number of rotatable bonds is 3. The normalized spacial score (nSPS) is 24.6. The number of hydrogen-bond acceptors (Lipinski definition) is 4. The summed E-state index contributed by atoms with van der Waals surface area (Å²) in [5.41, 5.74) is 7.38. The minimum atomic E-state index is 0.467. The number of benzene rings is 1. The Balaban J connectivity index is 1.59. The number of nitrogens with two attached hydrogens (primary N) is 1. The molecule has 2 fully saturated rings. The van der Waals surface area contributed by atoms with E-state index in [0.717, 1.165) is 51.5 Å². The molecule has 2 N–H and O–H groups in total. The molecule has 0 aromatic heterocycles. The summed E-state index contributed by atoms with van der Waals surface area (Å²) in [6, 6.07) is 4.49. The summed E-state index contributed by atoms with van der Waals surface area (Å²) < 4.78 is 5.42. The third-order valence-electron chi connectivity index (χ3n) is 4.35. The van der Waals surface area contributed by atoms with Gasteiger partial charge in [0.15, 0.2) is 0 Å². The predicted octanol–water partition coefficient (Wildman–Crippen LogP) is 2.48. The first-order chi connectivity index (χ1) is 10.1. The Labute approximate surface area is 135 Å². The number of hydrogen-bond donors (Lipinski definition) is 1. The maximum absolute atomic E-state index is 6.10. The highest BCUT2D eigenvalue weighted by Crippen LogP contribution is 2.30. The maximum Gasteiger partial charge on any atom is 0.0693 e. The van der Waals surface area contributed by atoms with Crippen molar-refractivity contribution in [2.75, 3.05) is 45.1 Å². The van der Waals surface area contributed by atoms with Crippen LogP contribution in [0.1, 0.15) is 12.0 Å². The summed E-state index contributed by atoms with van der Waals surface area (Å²) >= 11 is 12.2. The Bertz CT molecular complexity index is 483. The molecule has 6 heteroatoms. The Kier molecular flexibility index (Phi) is 4.92. The molecule has 2 aliphatic rings. The van der Waals surface area contributed by atoms with E-state index in [2.05, 4.69) is 9.80 Å². The first kappa shape index (κ1) is 15.4. The standard InChI is InChI=1S/C15H21Cl2N3O/c16-13-7-11(8-14(17)15(13)18)9-19-2-1-12(10-19)20-3-5-21-6-4-20/h7-8,12H,1-6,9-10,18H2. The number of halogens is 2. The van der Waals surface area contributed by atoms with Crippen molar-refractivity contribution in [3.63, 3.8) is 0 Å². The lowest BCUT2D eigenvalue weighted by atomic mass is 10.2.